The molecule has 0 aliphatic carbocycles. The van der Waals surface area contributed by atoms with Gasteiger partial charge in [-0.05, 0) is 37.0 Å². The molecule has 1 N–H and O–H groups in total. The van der Waals surface area contributed by atoms with Gasteiger partial charge in [-0.1, -0.05) is 12.1 Å². The Bertz CT molecular complexity index is 450. The van der Waals surface area contributed by atoms with Gasteiger partial charge in [0.05, 0.1) is 5.56 Å². The molecule has 110 valence electrons. The lowest BCUT2D eigenvalue weighted by Gasteiger charge is -2.11. The molecule has 3 nitrogen and oxygen atoms in total. The third-order valence-corrected chi connectivity index (χ3v) is 3.22. The van der Waals surface area contributed by atoms with Crippen LogP contribution in [0.1, 0.15) is 24.0 Å². The van der Waals surface area contributed by atoms with Gasteiger partial charge >= 0.3 is 6.18 Å². The Balaban J connectivity index is 1.78. The van der Waals surface area contributed by atoms with E-state index in [0.29, 0.717) is 19.6 Å². The average Bonchev–Trinajstić information content (AvgIpc) is 2.92. The van der Waals surface area contributed by atoms with Crippen molar-refractivity contribution in [2.24, 2.45) is 0 Å². The number of alkyl halides is 3. The van der Waals surface area contributed by atoms with E-state index in [4.69, 9.17) is 4.74 Å². The predicted octanol–water partition coefficient (Wildman–Crippen LogP) is 2.54. The molecule has 0 aromatic heterocycles. The van der Waals surface area contributed by atoms with Crippen molar-refractivity contribution in [3.05, 3.63) is 35.4 Å². The Morgan fingerprint density at radius 1 is 1.30 bits per heavy atom. The number of hydrogen-bond donors (Lipinski definition) is 1. The molecule has 6 heteroatoms. The lowest BCUT2D eigenvalue weighted by atomic mass is 10.1. The highest BCUT2D eigenvalue weighted by Gasteiger charge is 2.29. The fraction of sp³-hybridized carbons (Fsp3) is 0.500. The van der Waals surface area contributed by atoms with Gasteiger partial charge in [-0.3, -0.25) is 4.79 Å². The number of ether oxygens (including phenoxy) is 1. The molecule has 0 bridgehead atoms. The van der Waals surface area contributed by atoms with Gasteiger partial charge in [0, 0.05) is 13.2 Å². The molecular formula is C14H16F3NO2. The van der Waals surface area contributed by atoms with Crippen LogP contribution in [-0.2, 0) is 22.1 Å². The van der Waals surface area contributed by atoms with Crippen LogP contribution in [0, 0.1) is 0 Å². The number of halogens is 3. The first-order valence-electron chi connectivity index (χ1n) is 6.52. The molecule has 20 heavy (non-hydrogen) atoms. The smallest absolute Gasteiger partial charge is 0.368 e. The summed E-state index contributed by atoms with van der Waals surface area (Å²) in [5.74, 6) is -0.144. The van der Waals surface area contributed by atoms with Crippen LogP contribution < -0.4 is 5.32 Å². The topological polar surface area (TPSA) is 38.3 Å². The first-order valence-corrected chi connectivity index (χ1v) is 6.52. The number of nitrogens with one attached hydrogen (secondary N) is 1. The Kier molecular flexibility index (Phi) is 4.65. The van der Waals surface area contributed by atoms with E-state index in [1.54, 1.807) is 0 Å². The minimum atomic E-state index is -4.31. The molecule has 0 saturated carbocycles. The molecular weight excluding hydrogens is 271 g/mol. The minimum absolute atomic E-state index is 0.144. The maximum absolute atomic E-state index is 12.4. The van der Waals surface area contributed by atoms with E-state index in [2.05, 4.69) is 5.32 Å². The van der Waals surface area contributed by atoms with Crippen LogP contribution in [0.15, 0.2) is 24.3 Å². The van der Waals surface area contributed by atoms with Crippen molar-refractivity contribution < 1.29 is 22.7 Å². The molecule has 1 aromatic carbocycles. The molecule has 1 heterocycles. The van der Waals surface area contributed by atoms with E-state index in [-0.39, 0.29) is 12.0 Å². The van der Waals surface area contributed by atoms with Crippen molar-refractivity contribution in [1.82, 2.24) is 5.32 Å². The SMILES string of the molecule is O=C(NCCc1ccc(C(F)(F)F)cc1)[C@H]1CCCO1. The van der Waals surface area contributed by atoms with E-state index in [0.717, 1.165) is 30.5 Å². The summed E-state index contributed by atoms with van der Waals surface area (Å²) in [6, 6.07) is 4.97. The van der Waals surface area contributed by atoms with Crippen LogP contribution in [-0.4, -0.2) is 25.2 Å². The molecule has 1 amide bonds. The van der Waals surface area contributed by atoms with Gasteiger partial charge < -0.3 is 10.1 Å². The summed E-state index contributed by atoms with van der Waals surface area (Å²) in [4.78, 5) is 11.6. The minimum Gasteiger partial charge on any atom is -0.368 e. The average molecular weight is 287 g/mol. The third kappa shape index (κ3) is 3.96. The zero-order valence-electron chi connectivity index (χ0n) is 10.9. The Labute approximate surface area is 115 Å². The molecule has 1 fully saturated rings. The van der Waals surface area contributed by atoms with E-state index < -0.39 is 11.7 Å². The zero-order chi connectivity index (χ0) is 14.6. The van der Waals surface area contributed by atoms with E-state index in [1.165, 1.54) is 12.1 Å². The lowest BCUT2D eigenvalue weighted by molar-refractivity contribution is -0.137. The fourth-order valence-electron chi connectivity index (χ4n) is 2.09. The molecule has 1 atom stereocenters. The Morgan fingerprint density at radius 3 is 2.55 bits per heavy atom. The first-order chi connectivity index (χ1) is 9.47. The second kappa shape index (κ2) is 6.26. The van der Waals surface area contributed by atoms with Gasteiger partial charge in [-0.2, -0.15) is 13.2 Å². The molecule has 1 aliphatic heterocycles. The normalized spacial score (nSPS) is 19.1. The number of benzene rings is 1. The summed E-state index contributed by atoms with van der Waals surface area (Å²) in [6.45, 7) is 1.00. The van der Waals surface area contributed by atoms with Crippen LogP contribution in [0.3, 0.4) is 0 Å². The molecule has 0 unspecified atom stereocenters. The van der Waals surface area contributed by atoms with Crippen LogP contribution in [0.4, 0.5) is 13.2 Å². The van der Waals surface area contributed by atoms with Gasteiger partial charge in [0.1, 0.15) is 6.10 Å². The quantitative estimate of drug-likeness (QED) is 0.924. The first kappa shape index (κ1) is 14.8. The maximum Gasteiger partial charge on any atom is 0.416 e. The summed E-state index contributed by atoms with van der Waals surface area (Å²) < 4.78 is 42.4. The molecule has 0 spiro atoms. The predicted molar refractivity (Wildman–Crippen MR) is 67.1 cm³/mol. The highest BCUT2D eigenvalue weighted by atomic mass is 19.4. The fourth-order valence-corrected chi connectivity index (χ4v) is 2.09. The van der Waals surface area contributed by atoms with Crippen molar-refractivity contribution in [2.75, 3.05) is 13.2 Å². The molecule has 0 radical (unpaired) electrons. The number of carbonyl (C=O) groups excluding carboxylic acids is 1. The van der Waals surface area contributed by atoms with Crippen LogP contribution in [0.25, 0.3) is 0 Å². The lowest BCUT2D eigenvalue weighted by Crippen LogP contribution is -2.35. The molecule has 1 saturated heterocycles. The van der Waals surface area contributed by atoms with Crippen molar-refractivity contribution in [1.29, 1.82) is 0 Å². The summed E-state index contributed by atoms with van der Waals surface area (Å²) in [5.41, 5.74) is 0.0929. The monoisotopic (exact) mass is 287 g/mol. The number of amides is 1. The summed E-state index contributed by atoms with van der Waals surface area (Å²) in [7, 11) is 0. The van der Waals surface area contributed by atoms with E-state index in [9.17, 15) is 18.0 Å². The zero-order valence-corrected chi connectivity index (χ0v) is 10.9. The summed E-state index contributed by atoms with van der Waals surface area (Å²) in [5, 5.41) is 2.73. The summed E-state index contributed by atoms with van der Waals surface area (Å²) >= 11 is 0. The van der Waals surface area contributed by atoms with Gasteiger partial charge in [-0.15, -0.1) is 0 Å². The second-order valence-corrected chi connectivity index (χ2v) is 4.74. The molecule has 1 aliphatic rings. The van der Waals surface area contributed by atoms with Crippen molar-refractivity contribution >= 4 is 5.91 Å². The third-order valence-electron chi connectivity index (χ3n) is 3.22. The van der Waals surface area contributed by atoms with Gasteiger partial charge in [-0.25, -0.2) is 0 Å². The largest absolute Gasteiger partial charge is 0.416 e. The number of carbonyl (C=O) groups is 1. The van der Waals surface area contributed by atoms with Gasteiger partial charge in [0.2, 0.25) is 5.91 Å². The van der Waals surface area contributed by atoms with Gasteiger partial charge in [0.25, 0.3) is 0 Å². The van der Waals surface area contributed by atoms with Gasteiger partial charge in [0.15, 0.2) is 0 Å². The maximum atomic E-state index is 12.4. The van der Waals surface area contributed by atoms with Crippen molar-refractivity contribution in [2.45, 2.75) is 31.5 Å². The standard InChI is InChI=1S/C14H16F3NO2/c15-14(16,17)11-5-3-10(4-6-11)7-8-18-13(19)12-2-1-9-20-12/h3-6,12H,1-2,7-9H2,(H,18,19)/t12-/m1/s1. The highest BCUT2D eigenvalue weighted by Crippen LogP contribution is 2.29. The Hall–Kier alpha value is -1.56. The van der Waals surface area contributed by atoms with Crippen molar-refractivity contribution in [3.63, 3.8) is 0 Å². The molecule has 1 aromatic rings. The number of hydrogen-bond acceptors (Lipinski definition) is 2. The van der Waals surface area contributed by atoms with Crippen LogP contribution in [0.2, 0.25) is 0 Å². The van der Waals surface area contributed by atoms with Crippen LogP contribution >= 0.6 is 0 Å². The highest BCUT2D eigenvalue weighted by molar-refractivity contribution is 5.80. The summed E-state index contributed by atoms with van der Waals surface area (Å²) in [6.07, 6.45) is -2.57. The number of rotatable bonds is 4. The second-order valence-electron chi connectivity index (χ2n) is 4.74. The Morgan fingerprint density at radius 2 is 2.00 bits per heavy atom. The van der Waals surface area contributed by atoms with E-state index in [1.807, 2.05) is 0 Å². The van der Waals surface area contributed by atoms with Crippen LogP contribution in [0.5, 0.6) is 0 Å². The molecule has 2 rings (SSSR count). The van der Waals surface area contributed by atoms with E-state index >= 15 is 0 Å². The van der Waals surface area contributed by atoms with Crippen molar-refractivity contribution in [3.8, 4) is 0 Å².